The molecular weight excluding hydrogens is 443 g/mol. The quantitative estimate of drug-likeness (QED) is 0.339. The summed E-state index contributed by atoms with van der Waals surface area (Å²) in [6.07, 6.45) is 1.47. The SMILES string of the molecule is O=C1/C(=C/c2ccc(-c3ccc(F)cc3F)o2)SC(=S)N1c1ccc(F)c(Cl)c1. The Bertz CT molecular complexity index is 1190. The average Bonchev–Trinajstić information content (AvgIpc) is 3.22. The van der Waals surface area contributed by atoms with Crippen molar-refractivity contribution in [3.63, 3.8) is 0 Å². The third kappa shape index (κ3) is 3.83. The predicted molar refractivity (Wildman–Crippen MR) is 111 cm³/mol. The van der Waals surface area contributed by atoms with Crippen molar-refractivity contribution in [2.24, 2.45) is 0 Å². The summed E-state index contributed by atoms with van der Waals surface area (Å²) >= 11 is 12.1. The summed E-state index contributed by atoms with van der Waals surface area (Å²) in [6, 6.07) is 10.1. The van der Waals surface area contributed by atoms with Gasteiger partial charge in [-0.1, -0.05) is 35.6 Å². The number of benzene rings is 2. The number of thiocarbonyl (C=S) groups is 1. The highest BCUT2D eigenvalue weighted by molar-refractivity contribution is 8.27. The molecule has 0 aliphatic carbocycles. The van der Waals surface area contributed by atoms with E-state index < -0.39 is 23.4 Å². The fourth-order valence-electron chi connectivity index (χ4n) is 2.71. The summed E-state index contributed by atoms with van der Waals surface area (Å²) in [5.74, 6) is -2.00. The van der Waals surface area contributed by atoms with Crippen molar-refractivity contribution in [1.29, 1.82) is 0 Å². The Labute approximate surface area is 177 Å². The van der Waals surface area contributed by atoms with E-state index in [0.29, 0.717) is 11.4 Å². The van der Waals surface area contributed by atoms with Gasteiger partial charge >= 0.3 is 0 Å². The van der Waals surface area contributed by atoms with Gasteiger partial charge < -0.3 is 4.42 Å². The van der Waals surface area contributed by atoms with Crippen molar-refractivity contribution in [3.8, 4) is 11.3 Å². The number of carbonyl (C=O) groups is 1. The van der Waals surface area contributed by atoms with Gasteiger partial charge in [0.05, 0.1) is 21.2 Å². The standard InChI is InChI=1S/C20H9ClF3NO2S2/c21-14-8-11(2-5-15(14)23)25-19(26)18(29-20(25)28)9-12-3-6-17(27-12)13-4-1-10(22)7-16(13)24/h1-9H/b18-9-. The van der Waals surface area contributed by atoms with Gasteiger partial charge in [0.1, 0.15) is 29.0 Å². The van der Waals surface area contributed by atoms with Crippen LogP contribution in [0.15, 0.2) is 57.9 Å². The molecule has 0 radical (unpaired) electrons. The lowest BCUT2D eigenvalue weighted by Crippen LogP contribution is -2.27. The lowest BCUT2D eigenvalue weighted by Gasteiger charge is -2.14. The molecule has 29 heavy (non-hydrogen) atoms. The Morgan fingerprint density at radius 1 is 1.03 bits per heavy atom. The molecule has 1 aromatic heterocycles. The molecule has 0 bridgehead atoms. The van der Waals surface area contributed by atoms with E-state index in [0.717, 1.165) is 30.0 Å². The van der Waals surface area contributed by atoms with Gasteiger partial charge in [-0.25, -0.2) is 13.2 Å². The Morgan fingerprint density at radius 3 is 2.55 bits per heavy atom. The minimum atomic E-state index is -0.759. The van der Waals surface area contributed by atoms with E-state index in [1.165, 1.54) is 35.2 Å². The van der Waals surface area contributed by atoms with Gasteiger partial charge in [-0.15, -0.1) is 0 Å². The molecule has 3 aromatic rings. The van der Waals surface area contributed by atoms with Gasteiger partial charge in [0.2, 0.25) is 0 Å². The second-order valence-corrected chi connectivity index (χ2v) is 8.02. The maximum absolute atomic E-state index is 13.9. The van der Waals surface area contributed by atoms with Crippen molar-refractivity contribution < 1.29 is 22.4 Å². The molecule has 146 valence electrons. The van der Waals surface area contributed by atoms with E-state index in [4.69, 9.17) is 28.2 Å². The second-order valence-electron chi connectivity index (χ2n) is 5.94. The molecule has 0 N–H and O–H groups in total. The number of halogens is 4. The third-order valence-electron chi connectivity index (χ3n) is 4.05. The number of nitrogens with zero attached hydrogens (tertiary/aromatic N) is 1. The van der Waals surface area contributed by atoms with Crippen molar-refractivity contribution >= 4 is 57.6 Å². The van der Waals surface area contributed by atoms with Crippen LogP contribution in [0.2, 0.25) is 5.02 Å². The van der Waals surface area contributed by atoms with E-state index in [1.807, 2.05) is 0 Å². The number of thioether (sulfide) groups is 1. The maximum atomic E-state index is 13.9. The van der Waals surface area contributed by atoms with E-state index in [1.54, 1.807) is 6.07 Å². The van der Waals surface area contributed by atoms with Gasteiger partial charge in [0.25, 0.3) is 5.91 Å². The zero-order valence-corrected chi connectivity index (χ0v) is 16.7. The number of furan rings is 1. The van der Waals surface area contributed by atoms with Crippen LogP contribution >= 0.6 is 35.6 Å². The summed E-state index contributed by atoms with van der Waals surface area (Å²) in [5, 5.41) is -0.127. The predicted octanol–water partition coefficient (Wildman–Crippen LogP) is 6.42. The highest BCUT2D eigenvalue weighted by atomic mass is 35.5. The lowest BCUT2D eigenvalue weighted by atomic mass is 10.1. The summed E-state index contributed by atoms with van der Waals surface area (Å²) < 4.78 is 46.2. The summed E-state index contributed by atoms with van der Waals surface area (Å²) in [5.41, 5.74) is 0.440. The van der Waals surface area contributed by atoms with Crippen molar-refractivity contribution in [2.45, 2.75) is 0 Å². The van der Waals surface area contributed by atoms with Crippen LogP contribution in [0.1, 0.15) is 5.76 Å². The Morgan fingerprint density at radius 2 is 1.83 bits per heavy atom. The summed E-state index contributed by atoms with van der Waals surface area (Å²) in [6.45, 7) is 0. The fraction of sp³-hybridized carbons (Fsp3) is 0. The van der Waals surface area contributed by atoms with Crippen LogP contribution in [0, 0.1) is 17.5 Å². The molecule has 9 heteroatoms. The molecule has 1 fully saturated rings. The normalized spacial score (nSPS) is 15.6. The molecule has 1 saturated heterocycles. The molecule has 1 amide bonds. The first kappa shape index (κ1) is 19.8. The number of hydrogen-bond acceptors (Lipinski definition) is 4. The Hall–Kier alpha value is -2.55. The maximum Gasteiger partial charge on any atom is 0.270 e. The first-order chi connectivity index (χ1) is 13.8. The first-order valence-electron chi connectivity index (χ1n) is 8.12. The molecule has 1 aliphatic rings. The lowest BCUT2D eigenvalue weighted by molar-refractivity contribution is -0.113. The van der Waals surface area contributed by atoms with Crippen molar-refractivity contribution in [1.82, 2.24) is 0 Å². The van der Waals surface area contributed by atoms with Crippen LogP contribution in [0.3, 0.4) is 0 Å². The van der Waals surface area contributed by atoms with E-state index in [2.05, 4.69) is 0 Å². The van der Waals surface area contributed by atoms with Crippen LogP contribution in [-0.4, -0.2) is 10.2 Å². The Balaban J connectivity index is 1.62. The smallest absolute Gasteiger partial charge is 0.270 e. The third-order valence-corrected chi connectivity index (χ3v) is 5.64. The average molecular weight is 452 g/mol. The zero-order chi connectivity index (χ0) is 20.7. The monoisotopic (exact) mass is 451 g/mol. The van der Waals surface area contributed by atoms with Crippen LogP contribution < -0.4 is 4.90 Å². The molecule has 0 unspecified atom stereocenters. The van der Waals surface area contributed by atoms with Crippen LogP contribution in [0.25, 0.3) is 17.4 Å². The van der Waals surface area contributed by atoms with Crippen molar-refractivity contribution in [2.75, 3.05) is 4.90 Å². The van der Waals surface area contributed by atoms with Gasteiger partial charge in [-0.05, 0) is 42.5 Å². The highest BCUT2D eigenvalue weighted by Gasteiger charge is 2.34. The molecule has 0 atom stereocenters. The zero-order valence-electron chi connectivity index (χ0n) is 14.3. The van der Waals surface area contributed by atoms with Gasteiger partial charge in [-0.3, -0.25) is 9.69 Å². The topological polar surface area (TPSA) is 33.5 Å². The second kappa shape index (κ2) is 7.70. The van der Waals surface area contributed by atoms with Crippen LogP contribution in [-0.2, 0) is 4.79 Å². The van der Waals surface area contributed by atoms with Crippen molar-refractivity contribution in [3.05, 3.63) is 81.7 Å². The number of rotatable bonds is 3. The molecule has 3 nitrogen and oxygen atoms in total. The number of carbonyl (C=O) groups excluding carboxylic acids is 1. The van der Waals surface area contributed by atoms with Crippen LogP contribution in [0.4, 0.5) is 18.9 Å². The number of anilines is 1. The Kier molecular flexibility index (Phi) is 5.24. The summed E-state index contributed by atoms with van der Waals surface area (Å²) in [7, 11) is 0. The van der Waals surface area contributed by atoms with E-state index in [9.17, 15) is 18.0 Å². The molecular formula is C20H9ClF3NO2S2. The summed E-state index contributed by atoms with van der Waals surface area (Å²) in [4.78, 5) is 14.3. The van der Waals surface area contributed by atoms with Crippen LogP contribution in [0.5, 0.6) is 0 Å². The minimum absolute atomic E-state index is 0.0968. The van der Waals surface area contributed by atoms with E-state index in [-0.39, 0.29) is 25.6 Å². The number of hydrogen-bond donors (Lipinski definition) is 0. The largest absolute Gasteiger partial charge is 0.457 e. The van der Waals surface area contributed by atoms with Gasteiger partial charge in [0, 0.05) is 12.1 Å². The number of amides is 1. The molecule has 0 saturated carbocycles. The highest BCUT2D eigenvalue weighted by Crippen LogP contribution is 2.37. The minimum Gasteiger partial charge on any atom is -0.457 e. The molecule has 2 aromatic carbocycles. The van der Waals surface area contributed by atoms with Gasteiger partial charge in [0.15, 0.2) is 4.32 Å². The molecule has 2 heterocycles. The first-order valence-corrected chi connectivity index (χ1v) is 9.72. The molecule has 4 rings (SSSR count). The molecule has 0 spiro atoms. The fourth-order valence-corrected chi connectivity index (χ4v) is 4.16. The van der Waals surface area contributed by atoms with E-state index >= 15 is 0 Å². The molecule has 1 aliphatic heterocycles. The van der Waals surface area contributed by atoms with Gasteiger partial charge in [-0.2, -0.15) is 0 Å².